The van der Waals surface area contributed by atoms with Crippen molar-refractivity contribution < 1.29 is 4.79 Å². The van der Waals surface area contributed by atoms with Crippen molar-refractivity contribution in [2.75, 3.05) is 26.7 Å². The summed E-state index contributed by atoms with van der Waals surface area (Å²) >= 11 is 0. The van der Waals surface area contributed by atoms with Crippen molar-refractivity contribution in [3.8, 4) is 11.1 Å². The zero-order valence-electron chi connectivity index (χ0n) is 17.6. The first kappa shape index (κ1) is 19.4. The molecule has 0 radical (unpaired) electrons. The number of nitrogens with zero attached hydrogens (tertiary/aromatic N) is 6. The summed E-state index contributed by atoms with van der Waals surface area (Å²) in [5.74, 6) is 0.0265. The van der Waals surface area contributed by atoms with E-state index in [1.165, 1.54) is 5.56 Å². The molecule has 0 bridgehead atoms. The van der Waals surface area contributed by atoms with Gasteiger partial charge in [0.1, 0.15) is 5.69 Å². The van der Waals surface area contributed by atoms with E-state index in [1.807, 2.05) is 15.6 Å². The Morgan fingerprint density at radius 3 is 2.48 bits per heavy atom. The van der Waals surface area contributed by atoms with E-state index in [0.717, 1.165) is 28.9 Å². The molecule has 3 aromatic heterocycles. The third-order valence-electron chi connectivity index (χ3n) is 6.00. The van der Waals surface area contributed by atoms with Crippen molar-refractivity contribution >= 4 is 11.4 Å². The second-order valence-electron chi connectivity index (χ2n) is 8.07. The summed E-state index contributed by atoms with van der Waals surface area (Å²) in [7, 11) is 2.07. The maximum absolute atomic E-state index is 12.9. The molecule has 7 heteroatoms. The monoisotopic (exact) mass is 412 g/mol. The average Bonchev–Trinajstić information content (AvgIpc) is 3.23. The van der Waals surface area contributed by atoms with Gasteiger partial charge in [-0.1, -0.05) is 41.1 Å². The Bertz CT molecular complexity index is 1220. The Morgan fingerprint density at radius 1 is 0.968 bits per heavy atom. The number of rotatable bonds is 3. The molecule has 1 aliphatic rings. The number of aryl methyl sites for hydroxylation is 1. The normalized spacial score (nSPS) is 17.2. The van der Waals surface area contributed by atoms with Crippen molar-refractivity contribution in [1.29, 1.82) is 0 Å². The minimum atomic E-state index is -0.0118. The summed E-state index contributed by atoms with van der Waals surface area (Å²) in [6.07, 6.45) is 5.32. The van der Waals surface area contributed by atoms with Crippen LogP contribution in [0.15, 0.2) is 67.1 Å². The van der Waals surface area contributed by atoms with Crippen LogP contribution in [0.2, 0.25) is 0 Å². The predicted octanol–water partition coefficient (Wildman–Crippen LogP) is 3.23. The number of likely N-dealkylation sites (N-methyl/N-ethyl adjacent to an activating group) is 1. The van der Waals surface area contributed by atoms with Crippen LogP contribution in [0.4, 0.5) is 0 Å². The number of aromatic nitrogens is 4. The van der Waals surface area contributed by atoms with E-state index in [1.54, 1.807) is 24.5 Å². The van der Waals surface area contributed by atoms with E-state index in [0.29, 0.717) is 18.7 Å². The Balaban J connectivity index is 1.43. The van der Waals surface area contributed by atoms with Gasteiger partial charge in [0.2, 0.25) is 0 Å². The first-order valence-electron chi connectivity index (χ1n) is 10.4. The summed E-state index contributed by atoms with van der Waals surface area (Å²) in [6.45, 7) is 4.12. The SMILES string of the molecule is Cc1ccc(-c2ccc3c([C@@H]4CN(C(=O)c5ccncc5)CCN4C)nnn3c2)cc1. The topological polar surface area (TPSA) is 66.6 Å². The quantitative estimate of drug-likeness (QED) is 0.517. The number of fused-ring (bicyclic) bond motifs is 1. The number of carbonyl (C=O) groups is 1. The zero-order valence-corrected chi connectivity index (χ0v) is 17.6. The molecular weight excluding hydrogens is 388 g/mol. The van der Waals surface area contributed by atoms with Crippen LogP contribution < -0.4 is 0 Å². The van der Waals surface area contributed by atoms with E-state index < -0.39 is 0 Å². The molecule has 156 valence electrons. The Kier molecular flexibility index (Phi) is 4.95. The molecular formula is C24H24N6O. The Hall–Kier alpha value is -3.58. The van der Waals surface area contributed by atoms with Crippen molar-refractivity contribution in [2.45, 2.75) is 13.0 Å². The molecule has 0 N–H and O–H groups in total. The number of benzene rings is 1. The van der Waals surface area contributed by atoms with Gasteiger partial charge < -0.3 is 4.90 Å². The smallest absolute Gasteiger partial charge is 0.254 e. The van der Waals surface area contributed by atoms with E-state index in [2.05, 4.69) is 70.6 Å². The molecule has 1 aromatic carbocycles. The molecule has 4 heterocycles. The number of piperazine rings is 1. The lowest BCUT2D eigenvalue weighted by molar-refractivity contribution is 0.0542. The molecule has 0 saturated carbocycles. The van der Waals surface area contributed by atoms with Crippen LogP contribution >= 0.6 is 0 Å². The van der Waals surface area contributed by atoms with Gasteiger partial charge in [-0.25, -0.2) is 4.52 Å². The van der Waals surface area contributed by atoms with E-state index >= 15 is 0 Å². The van der Waals surface area contributed by atoms with Gasteiger partial charge in [0.05, 0.1) is 11.6 Å². The fourth-order valence-electron chi connectivity index (χ4n) is 4.10. The van der Waals surface area contributed by atoms with E-state index in [-0.39, 0.29) is 11.9 Å². The van der Waals surface area contributed by atoms with Crippen molar-refractivity contribution in [1.82, 2.24) is 29.6 Å². The fourth-order valence-corrected chi connectivity index (χ4v) is 4.10. The van der Waals surface area contributed by atoms with Gasteiger partial charge in [-0.3, -0.25) is 14.7 Å². The van der Waals surface area contributed by atoms with Crippen LogP contribution in [0.5, 0.6) is 0 Å². The predicted molar refractivity (Wildman–Crippen MR) is 119 cm³/mol. The van der Waals surface area contributed by atoms with Crippen molar-refractivity contribution in [3.63, 3.8) is 0 Å². The molecule has 1 amide bonds. The van der Waals surface area contributed by atoms with Crippen LogP contribution in [-0.2, 0) is 0 Å². The highest BCUT2D eigenvalue weighted by atomic mass is 16.2. The lowest BCUT2D eigenvalue weighted by Gasteiger charge is -2.38. The minimum absolute atomic E-state index is 0.0118. The van der Waals surface area contributed by atoms with Gasteiger partial charge in [0, 0.05) is 49.4 Å². The Labute approximate surface area is 180 Å². The first-order valence-corrected chi connectivity index (χ1v) is 10.4. The first-order chi connectivity index (χ1) is 15.1. The maximum Gasteiger partial charge on any atom is 0.254 e. The molecule has 0 aliphatic carbocycles. The van der Waals surface area contributed by atoms with Crippen molar-refractivity contribution in [2.24, 2.45) is 0 Å². The summed E-state index contributed by atoms with van der Waals surface area (Å²) in [6, 6.07) is 16.1. The summed E-state index contributed by atoms with van der Waals surface area (Å²) in [5, 5.41) is 8.90. The standard InChI is InChI=1S/C24H24N6O/c1-17-3-5-18(6-4-17)20-7-8-21-23(26-27-30(21)15-20)22-16-29(14-13-28(22)2)24(31)19-9-11-25-12-10-19/h3-12,15,22H,13-14,16H2,1-2H3/t22-/m0/s1. The molecule has 1 fully saturated rings. The molecule has 1 atom stereocenters. The molecule has 1 aliphatic heterocycles. The second-order valence-corrected chi connectivity index (χ2v) is 8.07. The molecule has 7 nitrogen and oxygen atoms in total. The number of hydrogen-bond donors (Lipinski definition) is 0. The lowest BCUT2D eigenvalue weighted by Crippen LogP contribution is -2.49. The summed E-state index contributed by atoms with van der Waals surface area (Å²) in [4.78, 5) is 21.1. The number of carbonyl (C=O) groups excluding carboxylic acids is 1. The fraction of sp³-hybridized carbons (Fsp3) is 0.250. The molecule has 31 heavy (non-hydrogen) atoms. The van der Waals surface area contributed by atoms with Gasteiger partial charge in [0.25, 0.3) is 5.91 Å². The van der Waals surface area contributed by atoms with Crippen LogP contribution in [0.1, 0.15) is 27.7 Å². The summed E-state index contributed by atoms with van der Waals surface area (Å²) in [5.41, 5.74) is 5.99. The molecule has 0 unspecified atom stereocenters. The second kappa shape index (κ2) is 7.92. The number of hydrogen-bond acceptors (Lipinski definition) is 5. The highest BCUT2D eigenvalue weighted by Crippen LogP contribution is 2.28. The van der Waals surface area contributed by atoms with Gasteiger partial charge in [0.15, 0.2) is 0 Å². The lowest BCUT2D eigenvalue weighted by atomic mass is 10.0. The van der Waals surface area contributed by atoms with Crippen LogP contribution in [0, 0.1) is 6.92 Å². The third-order valence-corrected chi connectivity index (χ3v) is 6.00. The molecule has 5 rings (SSSR count). The third kappa shape index (κ3) is 3.68. The van der Waals surface area contributed by atoms with Crippen LogP contribution in [-0.4, -0.2) is 62.2 Å². The molecule has 4 aromatic rings. The minimum Gasteiger partial charge on any atom is -0.335 e. The van der Waals surface area contributed by atoms with E-state index in [4.69, 9.17) is 0 Å². The van der Waals surface area contributed by atoms with Crippen LogP contribution in [0.25, 0.3) is 16.6 Å². The zero-order chi connectivity index (χ0) is 21.4. The maximum atomic E-state index is 12.9. The van der Waals surface area contributed by atoms with Crippen molar-refractivity contribution in [3.05, 3.63) is 83.9 Å². The highest BCUT2D eigenvalue weighted by molar-refractivity contribution is 5.94. The van der Waals surface area contributed by atoms with Gasteiger partial charge in [-0.05, 0) is 37.7 Å². The number of amides is 1. The van der Waals surface area contributed by atoms with Gasteiger partial charge in [-0.15, -0.1) is 5.10 Å². The van der Waals surface area contributed by atoms with Gasteiger partial charge >= 0.3 is 0 Å². The Morgan fingerprint density at radius 2 is 1.71 bits per heavy atom. The largest absolute Gasteiger partial charge is 0.335 e. The molecule has 1 saturated heterocycles. The highest BCUT2D eigenvalue weighted by Gasteiger charge is 2.31. The van der Waals surface area contributed by atoms with Crippen LogP contribution in [0.3, 0.4) is 0 Å². The van der Waals surface area contributed by atoms with E-state index in [9.17, 15) is 4.79 Å². The molecule has 0 spiro atoms. The number of pyridine rings is 2. The summed E-state index contributed by atoms with van der Waals surface area (Å²) < 4.78 is 1.84. The average molecular weight is 412 g/mol. The van der Waals surface area contributed by atoms with Gasteiger partial charge in [-0.2, -0.15) is 0 Å².